The van der Waals surface area contributed by atoms with Gasteiger partial charge in [-0.1, -0.05) is 48.0 Å². The number of hydroxylamine groups is 1. The van der Waals surface area contributed by atoms with Crippen molar-refractivity contribution in [3.05, 3.63) is 88.9 Å². The third kappa shape index (κ3) is 3.23. The summed E-state index contributed by atoms with van der Waals surface area (Å²) in [7, 11) is 1.60. The zero-order chi connectivity index (χ0) is 22.4. The summed E-state index contributed by atoms with van der Waals surface area (Å²) in [5.41, 5.74) is 3.10. The summed E-state index contributed by atoms with van der Waals surface area (Å²) in [5.74, 6) is -0.688. The van der Waals surface area contributed by atoms with Crippen molar-refractivity contribution in [2.45, 2.75) is 19.1 Å². The van der Waals surface area contributed by atoms with Crippen LogP contribution < -0.4 is 14.7 Å². The maximum Gasteiger partial charge on any atom is 0.266 e. The number of imide groups is 1. The van der Waals surface area contributed by atoms with Gasteiger partial charge in [-0.2, -0.15) is 0 Å². The highest BCUT2D eigenvalue weighted by Crippen LogP contribution is 2.48. The van der Waals surface area contributed by atoms with Gasteiger partial charge >= 0.3 is 0 Å². The number of methoxy groups -OCH3 is 1. The molecule has 2 fully saturated rings. The number of halogens is 1. The fraction of sp³-hybridized carbons (Fsp3) is 0.200. The number of fused-ring (bicyclic) bond motifs is 1. The Morgan fingerprint density at radius 1 is 0.938 bits per heavy atom. The van der Waals surface area contributed by atoms with Crippen LogP contribution in [0.15, 0.2) is 72.8 Å². The van der Waals surface area contributed by atoms with Crippen LogP contribution in [0.5, 0.6) is 5.75 Å². The van der Waals surface area contributed by atoms with Gasteiger partial charge < -0.3 is 4.74 Å². The van der Waals surface area contributed by atoms with E-state index in [-0.39, 0.29) is 5.91 Å². The number of hydrogen-bond acceptors (Lipinski definition) is 5. The van der Waals surface area contributed by atoms with Crippen molar-refractivity contribution in [2.24, 2.45) is 5.92 Å². The first-order chi connectivity index (χ1) is 15.5. The number of anilines is 2. The maximum absolute atomic E-state index is 13.6. The average Bonchev–Trinajstić information content (AvgIpc) is 3.30. The van der Waals surface area contributed by atoms with Gasteiger partial charge in [0, 0.05) is 5.02 Å². The van der Waals surface area contributed by atoms with Crippen molar-refractivity contribution >= 4 is 34.8 Å². The molecular weight excluding hydrogens is 428 g/mol. The molecule has 3 aromatic carbocycles. The van der Waals surface area contributed by atoms with E-state index in [9.17, 15) is 9.59 Å². The molecule has 2 amide bonds. The smallest absolute Gasteiger partial charge is 0.266 e. The molecule has 7 heteroatoms. The second-order valence-corrected chi connectivity index (χ2v) is 8.31. The second kappa shape index (κ2) is 7.97. The van der Waals surface area contributed by atoms with Crippen molar-refractivity contribution in [1.82, 2.24) is 0 Å². The predicted octanol–water partition coefficient (Wildman–Crippen LogP) is 4.71. The summed E-state index contributed by atoms with van der Waals surface area (Å²) in [6, 6.07) is 21.5. The Hall–Kier alpha value is -3.35. The van der Waals surface area contributed by atoms with E-state index >= 15 is 0 Å². The number of amides is 2. The Labute approximate surface area is 190 Å². The first-order valence-electron chi connectivity index (χ1n) is 10.3. The minimum atomic E-state index is -0.923. The van der Waals surface area contributed by atoms with Crippen molar-refractivity contribution < 1.29 is 19.2 Å². The van der Waals surface area contributed by atoms with E-state index < -0.39 is 24.0 Å². The van der Waals surface area contributed by atoms with Gasteiger partial charge in [-0.25, -0.2) is 9.96 Å². The Bertz CT molecular complexity index is 1200. The Balaban J connectivity index is 1.60. The number of carbonyl (C=O) groups is 2. The lowest BCUT2D eigenvalue weighted by Gasteiger charge is -2.29. The van der Waals surface area contributed by atoms with E-state index in [2.05, 4.69) is 0 Å². The Morgan fingerprint density at radius 2 is 1.69 bits per heavy atom. The molecule has 0 N–H and O–H groups in total. The second-order valence-electron chi connectivity index (χ2n) is 7.87. The van der Waals surface area contributed by atoms with Gasteiger partial charge in [-0.05, 0) is 54.4 Å². The van der Waals surface area contributed by atoms with Crippen LogP contribution in [-0.4, -0.2) is 25.0 Å². The molecule has 0 unspecified atom stereocenters. The van der Waals surface area contributed by atoms with E-state index in [1.54, 1.807) is 36.4 Å². The van der Waals surface area contributed by atoms with Crippen molar-refractivity contribution in [1.29, 1.82) is 0 Å². The topological polar surface area (TPSA) is 59.1 Å². The molecule has 0 bridgehead atoms. The summed E-state index contributed by atoms with van der Waals surface area (Å²) in [5, 5.41) is 2.16. The van der Waals surface area contributed by atoms with Gasteiger partial charge in [0.2, 0.25) is 5.91 Å². The SMILES string of the molecule is COc1ccc([C@H]2[C@H]3C(=O)N(c4cccc(Cl)c4)C(=O)[C@@H]3ON2c2ccccc2C)cc1. The number of para-hydroxylation sites is 1. The third-order valence-corrected chi connectivity index (χ3v) is 6.23. The number of carbonyl (C=O) groups excluding carboxylic acids is 2. The van der Waals surface area contributed by atoms with E-state index in [0.29, 0.717) is 16.5 Å². The molecule has 3 aromatic rings. The summed E-state index contributed by atoms with van der Waals surface area (Å²) in [6.45, 7) is 1.97. The van der Waals surface area contributed by atoms with Crippen LogP contribution in [0.2, 0.25) is 5.02 Å². The summed E-state index contributed by atoms with van der Waals surface area (Å²) >= 11 is 6.11. The van der Waals surface area contributed by atoms with Crippen LogP contribution in [0, 0.1) is 12.8 Å². The molecule has 0 aliphatic carbocycles. The van der Waals surface area contributed by atoms with E-state index in [0.717, 1.165) is 16.8 Å². The molecular formula is C25H21ClN2O4. The highest BCUT2D eigenvalue weighted by Gasteiger charge is 2.60. The van der Waals surface area contributed by atoms with Gasteiger partial charge in [-0.3, -0.25) is 14.4 Å². The van der Waals surface area contributed by atoms with Crippen molar-refractivity contribution in [3.8, 4) is 5.75 Å². The first kappa shape index (κ1) is 20.5. The molecule has 2 heterocycles. The minimum Gasteiger partial charge on any atom is -0.497 e. The first-order valence-corrected chi connectivity index (χ1v) is 10.7. The predicted molar refractivity (Wildman–Crippen MR) is 122 cm³/mol. The summed E-state index contributed by atoms with van der Waals surface area (Å²) < 4.78 is 5.29. The molecule has 2 saturated heterocycles. The quantitative estimate of drug-likeness (QED) is 0.541. The van der Waals surface area contributed by atoms with Gasteiger partial charge in [0.25, 0.3) is 5.91 Å². The molecule has 3 atom stereocenters. The highest BCUT2D eigenvalue weighted by atomic mass is 35.5. The zero-order valence-electron chi connectivity index (χ0n) is 17.6. The third-order valence-electron chi connectivity index (χ3n) is 5.99. The fourth-order valence-corrected chi connectivity index (χ4v) is 4.63. The lowest BCUT2D eigenvalue weighted by atomic mass is 9.90. The summed E-state index contributed by atoms with van der Waals surface area (Å²) in [6.07, 6.45) is -0.923. The molecule has 5 rings (SSSR count). The average molecular weight is 449 g/mol. The van der Waals surface area contributed by atoms with Crippen LogP contribution in [0.4, 0.5) is 11.4 Å². The van der Waals surface area contributed by atoms with Gasteiger partial charge in [-0.15, -0.1) is 0 Å². The van der Waals surface area contributed by atoms with Gasteiger partial charge in [0.1, 0.15) is 11.7 Å². The minimum absolute atomic E-state index is 0.306. The molecule has 2 aliphatic heterocycles. The van der Waals surface area contributed by atoms with Gasteiger partial charge in [0.05, 0.1) is 24.5 Å². The molecule has 0 saturated carbocycles. The van der Waals surface area contributed by atoms with Crippen LogP contribution in [-0.2, 0) is 14.4 Å². The highest BCUT2D eigenvalue weighted by molar-refractivity contribution is 6.31. The van der Waals surface area contributed by atoms with Crippen LogP contribution >= 0.6 is 11.6 Å². The fourth-order valence-electron chi connectivity index (χ4n) is 4.44. The lowest BCUT2D eigenvalue weighted by Crippen LogP contribution is -2.37. The van der Waals surface area contributed by atoms with Gasteiger partial charge in [0.15, 0.2) is 6.10 Å². The molecule has 162 valence electrons. The molecule has 2 aliphatic rings. The summed E-state index contributed by atoms with van der Waals surface area (Å²) in [4.78, 5) is 34.3. The van der Waals surface area contributed by atoms with Crippen LogP contribution in [0.3, 0.4) is 0 Å². The Morgan fingerprint density at radius 3 is 2.38 bits per heavy atom. The molecule has 0 spiro atoms. The molecule has 32 heavy (non-hydrogen) atoms. The number of hydrogen-bond donors (Lipinski definition) is 0. The standard InChI is InChI=1S/C25H21ClN2O4/c1-15-6-3-4-9-20(15)28-22(16-10-12-19(31-2)13-11-16)21-23(32-28)25(30)27(24(21)29)18-8-5-7-17(26)14-18/h3-14,21-23H,1-2H3/t21-,22+,23-/m1/s1. The number of benzene rings is 3. The lowest BCUT2D eigenvalue weighted by molar-refractivity contribution is -0.126. The van der Waals surface area contributed by atoms with E-state index in [4.69, 9.17) is 21.2 Å². The normalized spacial score (nSPS) is 22.4. The molecule has 6 nitrogen and oxygen atoms in total. The molecule has 0 radical (unpaired) electrons. The van der Waals surface area contributed by atoms with Crippen LogP contribution in [0.25, 0.3) is 0 Å². The number of aryl methyl sites for hydroxylation is 1. The largest absolute Gasteiger partial charge is 0.497 e. The number of ether oxygens (including phenoxy) is 1. The van der Waals surface area contributed by atoms with E-state index in [1.807, 2.05) is 55.5 Å². The van der Waals surface area contributed by atoms with Crippen molar-refractivity contribution in [2.75, 3.05) is 17.1 Å². The van der Waals surface area contributed by atoms with Crippen LogP contribution in [0.1, 0.15) is 17.2 Å². The van der Waals surface area contributed by atoms with Crippen molar-refractivity contribution in [3.63, 3.8) is 0 Å². The maximum atomic E-state index is 13.6. The van der Waals surface area contributed by atoms with E-state index in [1.165, 1.54) is 4.90 Å². The monoisotopic (exact) mass is 448 g/mol. The number of nitrogens with zero attached hydrogens (tertiary/aromatic N) is 2. The molecule has 0 aromatic heterocycles. The zero-order valence-corrected chi connectivity index (χ0v) is 18.3. The Kier molecular flexibility index (Phi) is 5.12. The number of rotatable bonds is 4.